The summed E-state index contributed by atoms with van der Waals surface area (Å²) in [6.07, 6.45) is 7.10. The number of aromatic amines is 1. The third kappa shape index (κ3) is 5.22. The van der Waals surface area contributed by atoms with E-state index in [4.69, 9.17) is 9.72 Å². The molecular formula is C25H29N7O. The lowest BCUT2D eigenvalue weighted by molar-refractivity contribution is 0.287. The van der Waals surface area contributed by atoms with Gasteiger partial charge in [0, 0.05) is 30.7 Å². The van der Waals surface area contributed by atoms with Crippen LogP contribution in [0, 0.1) is 6.92 Å². The number of piperidine rings is 1. The van der Waals surface area contributed by atoms with Crippen LogP contribution in [0.15, 0.2) is 48.7 Å². The summed E-state index contributed by atoms with van der Waals surface area (Å²) in [5.74, 6) is 1.51. The number of anilines is 3. The van der Waals surface area contributed by atoms with Gasteiger partial charge in [-0.2, -0.15) is 15.0 Å². The van der Waals surface area contributed by atoms with Gasteiger partial charge in [0.25, 0.3) is 0 Å². The molecule has 0 saturated carbocycles. The summed E-state index contributed by atoms with van der Waals surface area (Å²) in [5, 5.41) is 3.34. The van der Waals surface area contributed by atoms with E-state index in [-0.39, 0.29) is 0 Å². The van der Waals surface area contributed by atoms with Crippen molar-refractivity contribution < 1.29 is 4.74 Å². The minimum absolute atomic E-state index is 0.373. The number of nitrogens with one attached hydrogen (secondary N) is 2. The summed E-state index contributed by atoms with van der Waals surface area (Å²) in [7, 11) is 0. The number of nitrogens with zero attached hydrogens (tertiary/aromatic N) is 5. The van der Waals surface area contributed by atoms with Crippen molar-refractivity contribution >= 4 is 28.6 Å². The fourth-order valence-corrected chi connectivity index (χ4v) is 4.06. The van der Waals surface area contributed by atoms with E-state index in [1.54, 1.807) is 0 Å². The molecule has 8 nitrogen and oxygen atoms in total. The molecule has 3 aromatic heterocycles. The monoisotopic (exact) mass is 443 g/mol. The van der Waals surface area contributed by atoms with Crippen molar-refractivity contribution in [1.82, 2.24) is 24.9 Å². The molecule has 8 heteroatoms. The number of pyridine rings is 1. The average molecular weight is 444 g/mol. The van der Waals surface area contributed by atoms with E-state index in [1.807, 2.05) is 36.5 Å². The lowest BCUT2D eigenvalue weighted by atomic mass is 10.1. The van der Waals surface area contributed by atoms with Gasteiger partial charge in [0.15, 0.2) is 11.5 Å². The van der Waals surface area contributed by atoms with Gasteiger partial charge in [-0.3, -0.25) is 4.98 Å². The molecule has 0 aliphatic carbocycles. The molecule has 0 amide bonds. The van der Waals surface area contributed by atoms with Crippen molar-refractivity contribution in [3.63, 3.8) is 0 Å². The molecule has 0 radical (unpaired) electrons. The van der Waals surface area contributed by atoms with Gasteiger partial charge >= 0.3 is 6.01 Å². The number of H-pyrrole nitrogens is 1. The van der Waals surface area contributed by atoms with Gasteiger partial charge < -0.3 is 19.9 Å². The lowest BCUT2D eigenvalue weighted by Gasteiger charge is -2.27. The molecule has 1 aromatic carbocycles. The van der Waals surface area contributed by atoms with Crippen molar-refractivity contribution in [2.45, 2.75) is 39.0 Å². The second-order valence-corrected chi connectivity index (χ2v) is 8.43. The zero-order chi connectivity index (χ0) is 22.5. The van der Waals surface area contributed by atoms with Crippen LogP contribution in [-0.2, 0) is 6.42 Å². The Morgan fingerprint density at radius 3 is 2.64 bits per heavy atom. The molecule has 2 N–H and O–H groups in total. The zero-order valence-electron chi connectivity index (χ0n) is 18.9. The Morgan fingerprint density at radius 2 is 1.85 bits per heavy atom. The Bertz CT molecular complexity index is 1180. The normalized spacial score (nSPS) is 13.9. The van der Waals surface area contributed by atoms with E-state index >= 15 is 0 Å². The van der Waals surface area contributed by atoms with Gasteiger partial charge in [0.1, 0.15) is 5.52 Å². The summed E-state index contributed by atoms with van der Waals surface area (Å²) < 4.78 is 5.96. The number of ether oxygens (including phenoxy) is 1. The Kier molecular flexibility index (Phi) is 6.32. The highest BCUT2D eigenvalue weighted by atomic mass is 16.5. The highest BCUT2D eigenvalue weighted by Crippen LogP contribution is 2.29. The number of aryl methyl sites for hydroxylation is 2. The molecule has 170 valence electrons. The molecule has 5 rings (SSSR count). The van der Waals surface area contributed by atoms with Crippen LogP contribution in [0.3, 0.4) is 0 Å². The van der Waals surface area contributed by atoms with Crippen LogP contribution in [0.1, 0.15) is 36.9 Å². The SMILES string of the molecule is Cc1ccc(Nc2nc3nc(OCCCc4ccccn4)nc(N4CCCCC4)c3[nH]2)cc1. The Labute approximate surface area is 193 Å². The number of hydrogen-bond donors (Lipinski definition) is 2. The molecule has 4 heterocycles. The maximum absolute atomic E-state index is 5.96. The number of hydrogen-bond acceptors (Lipinski definition) is 7. The molecule has 0 unspecified atom stereocenters. The number of imidazole rings is 1. The van der Waals surface area contributed by atoms with Crippen LogP contribution >= 0.6 is 0 Å². The second-order valence-electron chi connectivity index (χ2n) is 8.43. The number of fused-ring (bicyclic) bond motifs is 1. The molecule has 33 heavy (non-hydrogen) atoms. The number of rotatable bonds is 8. The van der Waals surface area contributed by atoms with Crippen molar-refractivity contribution in [2.75, 3.05) is 29.9 Å². The Morgan fingerprint density at radius 1 is 1.00 bits per heavy atom. The predicted molar refractivity (Wildman–Crippen MR) is 130 cm³/mol. The molecule has 1 aliphatic heterocycles. The average Bonchev–Trinajstić information content (AvgIpc) is 3.26. The van der Waals surface area contributed by atoms with Crippen LogP contribution in [-0.4, -0.2) is 44.6 Å². The fraction of sp³-hybridized carbons (Fsp3) is 0.360. The predicted octanol–water partition coefficient (Wildman–Crippen LogP) is 4.80. The standard InChI is InChI=1S/C25H29N7O/c1-18-10-12-20(13-11-18)27-24-28-21-22(29-24)30-25(31-23(21)32-15-5-2-6-16-32)33-17-7-9-19-8-3-4-14-26-19/h3-4,8,10-14H,2,5-7,9,15-17H2,1H3,(H2,27,28,29,30,31). The maximum atomic E-state index is 5.96. The second kappa shape index (κ2) is 9.85. The number of aromatic nitrogens is 5. The van der Waals surface area contributed by atoms with Gasteiger partial charge in [-0.05, 0) is 63.3 Å². The molecule has 0 spiro atoms. The van der Waals surface area contributed by atoms with Crippen LogP contribution < -0.4 is 15.0 Å². The molecule has 1 saturated heterocycles. The largest absolute Gasteiger partial charge is 0.463 e. The third-order valence-electron chi connectivity index (χ3n) is 5.82. The highest BCUT2D eigenvalue weighted by molar-refractivity contribution is 5.86. The first-order valence-corrected chi connectivity index (χ1v) is 11.6. The van der Waals surface area contributed by atoms with Gasteiger partial charge in [0.05, 0.1) is 6.61 Å². The van der Waals surface area contributed by atoms with Crippen LogP contribution in [0.25, 0.3) is 11.2 Å². The first-order chi connectivity index (χ1) is 16.2. The van der Waals surface area contributed by atoms with Crippen molar-refractivity contribution in [2.24, 2.45) is 0 Å². The molecule has 1 fully saturated rings. The van der Waals surface area contributed by atoms with E-state index in [9.17, 15) is 0 Å². The van der Waals surface area contributed by atoms with Crippen LogP contribution in [0.4, 0.5) is 17.5 Å². The van der Waals surface area contributed by atoms with Gasteiger partial charge in [-0.25, -0.2) is 0 Å². The van der Waals surface area contributed by atoms with Crippen LogP contribution in [0.2, 0.25) is 0 Å². The van der Waals surface area contributed by atoms with E-state index in [0.29, 0.717) is 24.2 Å². The molecule has 4 aromatic rings. The minimum atomic E-state index is 0.373. The van der Waals surface area contributed by atoms with Gasteiger partial charge in [0.2, 0.25) is 5.95 Å². The molecule has 0 atom stereocenters. The molecular weight excluding hydrogens is 414 g/mol. The van der Waals surface area contributed by atoms with Crippen molar-refractivity contribution in [1.29, 1.82) is 0 Å². The lowest BCUT2D eigenvalue weighted by Crippen LogP contribution is -2.30. The molecule has 1 aliphatic rings. The summed E-state index contributed by atoms with van der Waals surface area (Å²) in [6, 6.07) is 14.6. The van der Waals surface area contributed by atoms with Crippen LogP contribution in [0.5, 0.6) is 6.01 Å². The first-order valence-electron chi connectivity index (χ1n) is 11.6. The Hall–Kier alpha value is -3.68. The van der Waals surface area contributed by atoms with E-state index < -0.39 is 0 Å². The summed E-state index contributed by atoms with van der Waals surface area (Å²) in [6.45, 7) is 4.56. The molecule has 0 bridgehead atoms. The van der Waals surface area contributed by atoms with E-state index in [2.05, 4.69) is 49.2 Å². The summed E-state index contributed by atoms with van der Waals surface area (Å²) >= 11 is 0. The summed E-state index contributed by atoms with van der Waals surface area (Å²) in [4.78, 5) is 24.1. The fourth-order valence-electron chi connectivity index (χ4n) is 4.06. The van der Waals surface area contributed by atoms with E-state index in [1.165, 1.54) is 12.0 Å². The Balaban J connectivity index is 1.36. The quantitative estimate of drug-likeness (QED) is 0.378. The topological polar surface area (TPSA) is 91.8 Å². The van der Waals surface area contributed by atoms with Crippen molar-refractivity contribution in [3.8, 4) is 6.01 Å². The zero-order valence-corrected chi connectivity index (χ0v) is 18.9. The van der Waals surface area contributed by atoms with Gasteiger partial charge in [-0.1, -0.05) is 23.8 Å². The van der Waals surface area contributed by atoms with Gasteiger partial charge in [-0.15, -0.1) is 0 Å². The van der Waals surface area contributed by atoms with E-state index in [0.717, 1.165) is 61.5 Å². The third-order valence-corrected chi connectivity index (χ3v) is 5.82. The first kappa shape index (κ1) is 21.2. The smallest absolute Gasteiger partial charge is 0.320 e. The highest BCUT2D eigenvalue weighted by Gasteiger charge is 2.20. The summed E-state index contributed by atoms with van der Waals surface area (Å²) in [5.41, 5.74) is 4.70. The number of benzene rings is 1. The maximum Gasteiger partial charge on any atom is 0.320 e. The minimum Gasteiger partial charge on any atom is -0.463 e. The van der Waals surface area contributed by atoms with Crippen molar-refractivity contribution in [3.05, 3.63) is 59.9 Å².